The van der Waals surface area contributed by atoms with Crippen LogP contribution in [0.5, 0.6) is 0 Å². The van der Waals surface area contributed by atoms with E-state index in [0.29, 0.717) is 13.0 Å². The van der Waals surface area contributed by atoms with Crippen LogP contribution in [0.1, 0.15) is 12.8 Å². The maximum absolute atomic E-state index is 11.8. The van der Waals surface area contributed by atoms with Crippen LogP contribution in [0.2, 0.25) is 0 Å². The van der Waals surface area contributed by atoms with Crippen LogP contribution in [0, 0.1) is 23.2 Å². The average Bonchev–Trinajstić information content (AvgIpc) is 2.55. The van der Waals surface area contributed by atoms with Gasteiger partial charge in [0, 0.05) is 20.1 Å². The number of likely N-dealkylation sites (tertiary alicyclic amines) is 2. The summed E-state index contributed by atoms with van der Waals surface area (Å²) in [6, 6.07) is 1.80. The Labute approximate surface area is 98.8 Å². The van der Waals surface area contributed by atoms with Crippen molar-refractivity contribution in [2.45, 2.75) is 12.8 Å². The van der Waals surface area contributed by atoms with Crippen LogP contribution in [0.3, 0.4) is 0 Å². The van der Waals surface area contributed by atoms with Gasteiger partial charge in [-0.15, -0.1) is 0 Å². The molecule has 2 aliphatic heterocycles. The third kappa shape index (κ3) is 1.78. The summed E-state index contributed by atoms with van der Waals surface area (Å²) in [5.74, 6) is -1.31. The highest BCUT2D eigenvalue weighted by molar-refractivity contribution is 6.05. The standard InChI is InChI=1S/C11H13N3O3/c1-13-10(16)7-3-5-14(9(15)2-4-12)6-8(7)11(13)17/h7-8H,2-3,5-6H2,1H3/t7-,8+/m1/s1. The van der Waals surface area contributed by atoms with Crippen molar-refractivity contribution in [1.29, 1.82) is 5.26 Å². The van der Waals surface area contributed by atoms with Crippen LogP contribution in [0.25, 0.3) is 0 Å². The lowest BCUT2D eigenvalue weighted by Gasteiger charge is -2.31. The van der Waals surface area contributed by atoms with Crippen LogP contribution in [-0.4, -0.2) is 47.7 Å². The van der Waals surface area contributed by atoms with E-state index in [2.05, 4.69) is 0 Å². The van der Waals surface area contributed by atoms with Crippen LogP contribution in [0.4, 0.5) is 0 Å². The molecule has 0 N–H and O–H groups in total. The molecule has 0 aromatic carbocycles. The van der Waals surface area contributed by atoms with Gasteiger partial charge in [0.05, 0.1) is 17.9 Å². The second-order valence-corrected chi connectivity index (χ2v) is 4.41. The maximum atomic E-state index is 11.8. The molecule has 2 fully saturated rings. The van der Waals surface area contributed by atoms with Gasteiger partial charge in [-0.1, -0.05) is 0 Å². The molecule has 17 heavy (non-hydrogen) atoms. The minimum absolute atomic E-state index is 0.146. The molecule has 6 heteroatoms. The number of nitrogens with zero attached hydrogens (tertiary/aromatic N) is 3. The molecule has 2 saturated heterocycles. The summed E-state index contributed by atoms with van der Waals surface area (Å²) in [4.78, 5) is 37.7. The number of fused-ring (bicyclic) bond motifs is 1. The highest BCUT2D eigenvalue weighted by Crippen LogP contribution is 2.32. The summed E-state index contributed by atoms with van der Waals surface area (Å²) in [6.07, 6.45) is 0.339. The first kappa shape index (κ1) is 11.6. The molecule has 3 amide bonds. The zero-order chi connectivity index (χ0) is 12.6. The molecule has 0 saturated carbocycles. The number of hydrogen-bond acceptors (Lipinski definition) is 4. The molecule has 2 rings (SSSR count). The lowest BCUT2D eigenvalue weighted by atomic mass is 9.87. The quantitative estimate of drug-likeness (QED) is 0.566. The molecule has 0 unspecified atom stereocenters. The lowest BCUT2D eigenvalue weighted by molar-refractivity contribution is -0.138. The Kier molecular flexibility index (Phi) is 2.84. The summed E-state index contributed by atoms with van der Waals surface area (Å²) in [5.41, 5.74) is 0. The molecule has 2 atom stereocenters. The van der Waals surface area contributed by atoms with Crippen molar-refractivity contribution in [3.05, 3.63) is 0 Å². The third-order valence-corrected chi connectivity index (χ3v) is 3.49. The summed E-state index contributed by atoms with van der Waals surface area (Å²) in [7, 11) is 1.48. The summed E-state index contributed by atoms with van der Waals surface area (Å²) < 4.78 is 0. The fourth-order valence-corrected chi connectivity index (χ4v) is 2.51. The molecular weight excluding hydrogens is 222 g/mol. The smallest absolute Gasteiger partial charge is 0.236 e. The molecule has 90 valence electrons. The lowest BCUT2D eigenvalue weighted by Crippen LogP contribution is -2.44. The molecule has 0 bridgehead atoms. The van der Waals surface area contributed by atoms with E-state index in [0.717, 1.165) is 4.90 Å². The van der Waals surface area contributed by atoms with Crippen molar-refractivity contribution in [2.24, 2.45) is 11.8 Å². The van der Waals surface area contributed by atoms with Gasteiger partial charge in [-0.25, -0.2) is 0 Å². The molecule has 0 radical (unpaired) electrons. The van der Waals surface area contributed by atoms with Crippen molar-refractivity contribution >= 4 is 17.7 Å². The average molecular weight is 235 g/mol. The van der Waals surface area contributed by atoms with E-state index in [1.807, 2.05) is 0 Å². The summed E-state index contributed by atoms with van der Waals surface area (Å²) in [6.45, 7) is 0.717. The summed E-state index contributed by atoms with van der Waals surface area (Å²) in [5, 5.41) is 8.46. The first-order valence-electron chi connectivity index (χ1n) is 5.52. The second-order valence-electron chi connectivity index (χ2n) is 4.41. The Morgan fingerprint density at radius 3 is 2.71 bits per heavy atom. The van der Waals surface area contributed by atoms with E-state index >= 15 is 0 Å². The molecule has 0 aromatic rings. The number of rotatable bonds is 1. The Morgan fingerprint density at radius 1 is 1.41 bits per heavy atom. The molecule has 0 spiro atoms. The minimum Gasteiger partial charge on any atom is -0.341 e. The Balaban J connectivity index is 2.10. The van der Waals surface area contributed by atoms with Gasteiger partial charge in [0.25, 0.3) is 0 Å². The van der Waals surface area contributed by atoms with Crippen LogP contribution >= 0.6 is 0 Å². The van der Waals surface area contributed by atoms with Crippen molar-refractivity contribution in [3.63, 3.8) is 0 Å². The maximum Gasteiger partial charge on any atom is 0.236 e. The third-order valence-electron chi connectivity index (χ3n) is 3.49. The number of hydrogen-bond donors (Lipinski definition) is 0. The van der Waals surface area contributed by atoms with E-state index in [9.17, 15) is 14.4 Å². The van der Waals surface area contributed by atoms with Gasteiger partial charge in [-0.05, 0) is 6.42 Å². The molecule has 2 heterocycles. The van der Waals surface area contributed by atoms with Crippen molar-refractivity contribution in [1.82, 2.24) is 9.80 Å². The predicted molar refractivity (Wildman–Crippen MR) is 56.2 cm³/mol. The van der Waals surface area contributed by atoms with Crippen LogP contribution in [0.15, 0.2) is 0 Å². The van der Waals surface area contributed by atoms with Crippen molar-refractivity contribution in [2.75, 3.05) is 20.1 Å². The monoisotopic (exact) mass is 235 g/mol. The number of amides is 3. The fraction of sp³-hybridized carbons (Fsp3) is 0.636. The van der Waals surface area contributed by atoms with Crippen LogP contribution in [-0.2, 0) is 14.4 Å². The van der Waals surface area contributed by atoms with Gasteiger partial charge in [-0.2, -0.15) is 5.26 Å². The van der Waals surface area contributed by atoms with Crippen LogP contribution < -0.4 is 0 Å². The first-order valence-corrected chi connectivity index (χ1v) is 5.52. The Morgan fingerprint density at radius 2 is 2.06 bits per heavy atom. The second kappa shape index (κ2) is 4.17. The molecule has 0 aromatic heterocycles. The van der Waals surface area contributed by atoms with E-state index in [-0.39, 0.29) is 36.6 Å². The zero-order valence-corrected chi connectivity index (χ0v) is 9.55. The Bertz CT molecular complexity index is 426. The normalized spacial score (nSPS) is 28.0. The highest BCUT2D eigenvalue weighted by atomic mass is 16.2. The molecule has 6 nitrogen and oxygen atoms in total. The van der Waals surface area contributed by atoms with Gasteiger partial charge >= 0.3 is 0 Å². The first-order chi connectivity index (χ1) is 8.06. The molecule has 0 aliphatic carbocycles. The van der Waals surface area contributed by atoms with Crippen molar-refractivity contribution in [3.8, 4) is 6.07 Å². The molecular formula is C11H13N3O3. The van der Waals surface area contributed by atoms with E-state index < -0.39 is 5.92 Å². The largest absolute Gasteiger partial charge is 0.341 e. The topological polar surface area (TPSA) is 81.5 Å². The van der Waals surface area contributed by atoms with Gasteiger partial charge in [0.1, 0.15) is 6.42 Å². The number of carbonyl (C=O) groups is 3. The Hall–Kier alpha value is -1.90. The number of imide groups is 1. The van der Waals surface area contributed by atoms with E-state index in [4.69, 9.17) is 5.26 Å². The van der Waals surface area contributed by atoms with Crippen molar-refractivity contribution < 1.29 is 14.4 Å². The molecule has 2 aliphatic rings. The highest BCUT2D eigenvalue weighted by Gasteiger charge is 2.48. The predicted octanol–water partition coefficient (Wildman–Crippen LogP) is -0.637. The van der Waals surface area contributed by atoms with Gasteiger partial charge in [-0.3, -0.25) is 19.3 Å². The zero-order valence-electron chi connectivity index (χ0n) is 9.55. The fourth-order valence-electron chi connectivity index (χ4n) is 2.51. The van der Waals surface area contributed by atoms with E-state index in [1.165, 1.54) is 11.9 Å². The van der Waals surface area contributed by atoms with E-state index in [1.54, 1.807) is 6.07 Å². The van der Waals surface area contributed by atoms with Gasteiger partial charge in [0.2, 0.25) is 17.7 Å². The minimum atomic E-state index is -0.413. The SMILES string of the molecule is CN1C(=O)[C@H]2CN(C(=O)CC#N)CC[C@H]2C1=O. The van der Waals surface area contributed by atoms with Gasteiger partial charge in [0.15, 0.2) is 0 Å². The summed E-state index contributed by atoms with van der Waals surface area (Å²) >= 11 is 0. The number of carbonyl (C=O) groups excluding carboxylic acids is 3. The number of piperidine rings is 1. The van der Waals surface area contributed by atoms with Gasteiger partial charge < -0.3 is 4.90 Å². The number of nitriles is 1.